The normalized spacial score (nSPS) is 20.1. The maximum absolute atomic E-state index is 12.4. The standard InChI is InChI=1S/C11H16N4O2S2/c1-14-10(3-6-13-14)19(16,17)15-7-4-11(9-12,18-2)5-8-15/h3,6H,4-5,7-8H2,1-2H3. The molecule has 0 atom stereocenters. The van der Waals surface area contributed by atoms with E-state index in [-0.39, 0.29) is 5.03 Å². The van der Waals surface area contributed by atoms with Crippen molar-refractivity contribution in [3.05, 3.63) is 12.3 Å². The maximum Gasteiger partial charge on any atom is 0.260 e. The van der Waals surface area contributed by atoms with Gasteiger partial charge in [-0.2, -0.15) is 14.7 Å². The smallest absolute Gasteiger partial charge is 0.256 e. The Hall–Kier alpha value is -1.04. The van der Waals surface area contributed by atoms with Gasteiger partial charge in [0, 0.05) is 20.1 Å². The summed E-state index contributed by atoms with van der Waals surface area (Å²) in [6, 6.07) is 3.81. The predicted molar refractivity (Wildman–Crippen MR) is 73.1 cm³/mol. The monoisotopic (exact) mass is 300 g/mol. The van der Waals surface area contributed by atoms with Gasteiger partial charge in [-0.1, -0.05) is 0 Å². The summed E-state index contributed by atoms with van der Waals surface area (Å²) >= 11 is 1.51. The predicted octanol–water partition coefficient (Wildman–Crippen LogP) is 0.830. The van der Waals surface area contributed by atoms with E-state index in [1.165, 1.54) is 33.0 Å². The third kappa shape index (κ3) is 2.50. The van der Waals surface area contributed by atoms with Crippen molar-refractivity contribution in [3.63, 3.8) is 0 Å². The lowest BCUT2D eigenvalue weighted by molar-refractivity contribution is 0.325. The molecule has 0 spiro atoms. The van der Waals surface area contributed by atoms with Gasteiger partial charge in [-0.05, 0) is 25.2 Å². The van der Waals surface area contributed by atoms with Crippen molar-refractivity contribution in [3.8, 4) is 6.07 Å². The summed E-state index contributed by atoms with van der Waals surface area (Å²) in [7, 11) is -1.89. The Bertz CT molecular complexity index is 594. The van der Waals surface area contributed by atoms with Crippen LogP contribution in [0, 0.1) is 11.3 Å². The Labute approximate surface area is 117 Å². The zero-order chi connectivity index (χ0) is 14.1. The van der Waals surface area contributed by atoms with Crippen LogP contribution in [0.15, 0.2) is 17.3 Å². The first-order chi connectivity index (χ1) is 8.95. The molecule has 1 aliphatic rings. The minimum atomic E-state index is -3.50. The lowest BCUT2D eigenvalue weighted by Crippen LogP contribution is -2.44. The zero-order valence-corrected chi connectivity index (χ0v) is 12.5. The molecule has 1 saturated heterocycles. The van der Waals surface area contributed by atoms with E-state index in [0.717, 1.165) is 0 Å². The van der Waals surface area contributed by atoms with Gasteiger partial charge in [0.1, 0.15) is 4.75 Å². The van der Waals surface area contributed by atoms with Gasteiger partial charge >= 0.3 is 0 Å². The third-order valence-electron chi connectivity index (χ3n) is 3.50. The molecule has 0 aromatic carbocycles. The number of aryl methyl sites for hydroxylation is 1. The molecule has 2 heterocycles. The van der Waals surface area contributed by atoms with Gasteiger partial charge in [-0.25, -0.2) is 8.42 Å². The maximum atomic E-state index is 12.4. The fourth-order valence-corrected chi connectivity index (χ4v) is 4.42. The zero-order valence-electron chi connectivity index (χ0n) is 10.9. The Kier molecular flexibility index (Phi) is 3.90. The van der Waals surface area contributed by atoms with Gasteiger partial charge in [-0.15, -0.1) is 11.8 Å². The van der Waals surface area contributed by atoms with E-state index >= 15 is 0 Å². The first-order valence-electron chi connectivity index (χ1n) is 5.90. The van der Waals surface area contributed by atoms with Crippen LogP contribution < -0.4 is 0 Å². The average molecular weight is 300 g/mol. The molecule has 2 rings (SSSR count). The van der Waals surface area contributed by atoms with Crippen LogP contribution in [0.4, 0.5) is 0 Å². The molecule has 0 saturated carbocycles. The summed E-state index contributed by atoms with van der Waals surface area (Å²) in [6.07, 6.45) is 4.48. The Morgan fingerprint density at radius 2 is 2.11 bits per heavy atom. The van der Waals surface area contributed by atoms with E-state index in [0.29, 0.717) is 25.9 Å². The van der Waals surface area contributed by atoms with Crippen molar-refractivity contribution in [2.75, 3.05) is 19.3 Å². The quantitative estimate of drug-likeness (QED) is 0.826. The number of hydrogen-bond acceptors (Lipinski definition) is 5. The van der Waals surface area contributed by atoms with E-state index < -0.39 is 14.8 Å². The van der Waals surface area contributed by atoms with E-state index in [2.05, 4.69) is 11.2 Å². The molecule has 0 amide bonds. The minimum absolute atomic E-state index is 0.195. The van der Waals surface area contributed by atoms with E-state index in [1.807, 2.05) is 6.26 Å². The molecule has 8 heteroatoms. The number of sulfonamides is 1. The highest BCUT2D eigenvalue weighted by molar-refractivity contribution is 8.00. The molecule has 19 heavy (non-hydrogen) atoms. The molecule has 6 nitrogen and oxygen atoms in total. The highest BCUT2D eigenvalue weighted by Crippen LogP contribution is 2.35. The van der Waals surface area contributed by atoms with Crippen LogP contribution in [-0.4, -0.2) is 46.6 Å². The molecule has 104 valence electrons. The van der Waals surface area contributed by atoms with E-state index in [9.17, 15) is 13.7 Å². The number of piperidine rings is 1. The van der Waals surface area contributed by atoms with Crippen LogP contribution in [-0.2, 0) is 17.1 Å². The first kappa shape index (κ1) is 14.4. The summed E-state index contributed by atoms with van der Waals surface area (Å²) < 4.78 is 27.2. The van der Waals surface area contributed by atoms with Crippen molar-refractivity contribution in [2.24, 2.45) is 7.05 Å². The van der Waals surface area contributed by atoms with Crippen molar-refractivity contribution in [1.82, 2.24) is 14.1 Å². The van der Waals surface area contributed by atoms with Crippen molar-refractivity contribution < 1.29 is 8.42 Å². The van der Waals surface area contributed by atoms with Gasteiger partial charge in [0.15, 0.2) is 5.03 Å². The van der Waals surface area contributed by atoms with Crippen LogP contribution >= 0.6 is 11.8 Å². The van der Waals surface area contributed by atoms with Crippen molar-refractivity contribution >= 4 is 21.8 Å². The lowest BCUT2D eigenvalue weighted by atomic mass is 9.99. The van der Waals surface area contributed by atoms with Gasteiger partial charge in [0.2, 0.25) is 0 Å². The van der Waals surface area contributed by atoms with Gasteiger partial charge < -0.3 is 0 Å². The molecule has 0 N–H and O–H groups in total. The molecule has 0 radical (unpaired) electrons. The minimum Gasteiger partial charge on any atom is -0.256 e. The molecule has 0 aliphatic carbocycles. The van der Waals surface area contributed by atoms with E-state index in [4.69, 9.17) is 0 Å². The molecular formula is C11H16N4O2S2. The van der Waals surface area contributed by atoms with Crippen LogP contribution in [0.2, 0.25) is 0 Å². The number of nitrogens with zero attached hydrogens (tertiary/aromatic N) is 4. The molecule has 1 aromatic rings. The number of thioether (sulfide) groups is 1. The van der Waals surface area contributed by atoms with Crippen molar-refractivity contribution in [1.29, 1.82) is 5.26 Å². The molecule has 1 fully saturated rings. The molecule has 1 aliphatic heterocycles. The highest BCUT2D eigenvalue weighted by Gasteiger charge is 2.38. The average Bonchev–Trinajstić information content (AvgIpc) is 2.86. The second-order valence-corrected chi connectivity index (χ2v) is 7.58. The third-order valence-corrected chi connectivity index (χ3v) is 6.76. The topological polar surface area (TPSA) is 79.0 Å². The molecule has 0 bridgehead atoms. The summed E-state index contributed by atoms with van der Waals surface area (Å²) in [5.74, 6) is 0. The Morgan fingerprint density at radius 3 is 2.53 bits per heavy atom. The second kappa shape index (κ2) is 5.15. The lowest BCUT2D eigenvalue weighted by Gasteiger charge is -2.35. The number of nitriles is 1. The van der Waals surface area contributed by atoms with Crippen LogP contribution in [0.25, 0.3) is 0 Å². The summed E-state index contributed by atoms with van der Waals surface area (Å²) in [4.78, 5) is 0. The summed E-state index contributed by atoms with van der Waals surface area (Å²) in [5.41, 5.74) is 0. The number of aromatic nitrogens is 2. The van der Waals surface area contributed by atoms with Gasteiger partial charge in [0.05, 0.1) is 12.3 Å². The first-order valence-corrected chi connectivity index (χ1v) is 8.56. The van der Waals surface area contributed by atoms with Crippen molar-refractivity contribution in [2.45, 2.75) is 22.6 Å². The SMILES string of the molecule is CSC1(C#N)CCN(S(=O)(=O)c2ccnn2C)CC1. The van der Waals surface area contributed by atoms with E-state index in [1.54, 1.807) is 7.05 Å². The Morgan fingerprint density at radius 1 is 1.47 bits per heavy atom. The summed E-state index contributed by atoms with van der Waals surface area (Å²) in [5, 5.41) is 13.3. The fraction of sp³-hybridized carbons (Fsp3) is 0.636. The van der Waals surface area contributed by atoms with Gasteiger partial charge in [-0.3, -0.25) is 4.68 Å². The second-order valence-electron chi connectivity index (χ2n) is 4.51. The largest absolute Gasteiger partial charge is 0.260 e. The van der Waals surface area contributed by atoms with Crippen LogP contribution in [0.1, 0.15) is 12.8 Å². The fourth-order valence-electron chi connectivity index (χ4n) is 2.20. The molecule has 0 unspecified atom stereocenters. The summed E-state index contributed by atoms with van der Waals surface area (Å²) in [6.45, 7) is 0.754. The highest BCUT2D eigenvalue weighted by atomic mass is 32.2. The molecule has 1 aromatic heterocycles. The Balaban J connectivity index is 2.19. The molecular weight excluding hydrogens is 284 g/mol. The van der Waals surface area contributed by atoms with Crippen LogP contribution in [0.3, 0.4) is 0 Å². The number of rotatable bonds is 3. The van der Waals surface area contributed by atoms with Gasteiger partial charge in [0.25, 0.3) is 10.0 Å². The van der Waals surface area contributed by atoms with Crippen LogP contribution in [0.5, 0.6) is 0 Å². The number of hydrogen-bond donors (Lipinski definition) is 0.